The Morgan fingerprint density at radius 3 is 2.31 bits per heavy atom. The Morgan fingerprint density at radius 2 is 1.69 bits per heavy atom. The quantitative estimate of drug-likeness (QED) is 0.466. The number of hydrogen-bond donors (Lipinski definition) is 3. The van der Waals surface area contributed by atoms with E-state index in [0.717, 1.165) is 11.3 Å². The standard InChI is InChI=1S/C21H22N4O2S2/c1-13(2)22-20(27)23-16-8-4-15(5-9-16)19(26)25-21-24-18(12-29-21)14-6-10-17(28-3)11-7-14/h4-13H,1-3H3,(H2,22,23,27)(H,24,25,26). The molecule has 0 aliphatic rings. The predicted octanol–water partition coefficient (Wildman–Crippen LogP) is 5.31. The molecule has 0 saturated carbocycles. The highest BCUT2D eigenvalue weighted by molar-refractivity contribution is 7.98. The zero-order valence-electron chi connectivity index (χ0n) is 16.4. The lowest BCUT2D eigenvalue weighted by Crippen LogP contribution is -2.34. The van der Waals surface area contributed by atoms with Crippen LogP contribution in [0.3, 0.4) is 0 Å². The summed E-state index contributed by atoms with van der Waals surface area (Å²) in [4.78, 5) is 29.9. The molecule has 0 saturated heterocycles. The van der Waals surface area contributed by atoms with E-state index in [1.54, 1.807) is 36.0 Å². The number of hydrogen-bond acceptors (Lipinski definition) is 5. The van der Waals surface area contributed by atoms with Crippen molar-refractivity contribution in [3.05, 3.63) is 59.5 Å². The fraction of sp³-hybridized carbons (Fsp3) is 0.190. The molecule has 150 valence electrons. The van der Waals surface area contributed by atoms with Crippen molar-refractivity contribution in [3.8, 4) is 11.3 Å². The Balaban J connectivity index is 1.61. The summed E-state index contributed by atoms with van der Waals surface area (Å²) in [7, 11) is 0. The van der Waals surface area contributed by atoms with E-state index in [1.165, 1.54) is 16.2 Å². The van der Waals surface area contributed by atoms with Crippen LogP contribution in [-0.4, -0.2) is 29.2 Å². The van der Waals surface area contributed by atoms with Crippen LogP contribution in [-0.2, 0) is 0 Å². The van der Waals surface area contributed by atoms with Gasteiger partial charge in [0.15, 0.2) is 5.13 Å². The average molecular weight is 427 g/mol. The van der Waals surface area contributed by atoms with Gasteiger partial charge in [0.2, 0.25) is 0 Å². The number of thiazole rings is 1. The molecule has 0 fully saturated rings. The highest BCUT2D eigenvalue weighted by atomic mass is 32.2. The minimum atomic E-state index is -0.280. The van der Waals surface area contributed by atoms with E-state index in [1.807, 2.05) is 37.6 Å². The second kappa shape index (κ2) is 9.58. The van der Waals surface area contributed by atoms with E-state index in [4.69, 9.17) is 0 Å². The zero-order valence-corrected chi connectivity index (χ0v) is 18.0. The Bertz CT molecular complexity index is 983. The number of thioether (sulfide) groups is 1. The van der Waals surface area contributed by atoms with Gasteiger partial charge < -0.3 is 10.6 Å². The molecule has 6 nitrogen and oxygen atoms in total. The first-order valence-electron chi connectivity index (χ1n) is 9.03. The summed E-state index contributed by atoms with van der Waals surface area (Å²) in [5, 5.41) is 10.8. The SMILES string of the molecule is CSc1ccc(-c2csc(NC(=O)c3ccc(NC(=O)NC(C)C)cc3)n2)cc1. The zero-order chi connectivity index (χ0) is 20.8. The maximum atomic E-state index is 12.5. The first kappa shape index (κ1) is 20.9. The Morgan fingerprint density at radius 1 is 1.00 bits per heavy atom. The van der Waals surface area contributed by atoms with E-state index in [2.05, 4.69) is 33.1 Å². The molecule has 0 aliphatic carbocycles. The molecular formula is C21H22N4O2S2. The van der Waals surface area contributed by atoms with Crippen LogP contribution in [0.25, 0.3) is 11.3 Å². The van der Waals surface area contributed by atoms with Gasteiger partial charge in [0, 0.05) is 33.1 Å². The third-order valence-corrected chi connectivity index (χ3v) is 5.44. The molecular weight excluding hydrogens is 404 g/mol. The van der Waals surface area contributed by atoms with Gasteiger partial charge in [-0.3, -0.25) is 10.1 Å². The van der Waals surface area contributed by atoms with Crippen LogP contribution in [0.2, 0.25) is 0 Å². The number of carbonyl (C=O) groups is 2. The van der Waals surface area contributed by atoms with E-state index in [0.29, 0.717) is 16.4 Å². The number of aromatic nitrogens is 1. The molecule has 0 bridgehead atoms. The van der Waals surface area contributed by atoms with Crippen molar-refractivity contribution in [1.82, 2.24) is 10.3 Å². The molecule has 3 aromatic rings. The fourth-order valence-corrected chi connectivity index (χ4v) is 3.65. The van der Waals surface area contributed by atoms with Gasteiger partial charge in [-0.05, 0) is 56.5 Å². The van der Waals surface area contributed by atoms with E-state index in [-0.39, 0.29) is 18.0 Å². The van der Waals surface area contributed by atoms with Crippen LogP contribution in [0.4, 0.5) is 15.6 Å². The van der Waals surface area contributed by atoms with Crippen molar-refractivity contribution in [3.63, 3.8) is 0 Å². The number of carbonyl (C=O) groups excluding carboxylic acids is 2. The minimum absolute atomic E-state index is 0.0479. The summed E-state index contributed by atoms with van der Waals surface area (Å²) >= 11 is 3.07. The van der Waals surface area contributed by atoms with Gasteiger partial charge in [0.05, 0.1) is 5.69 Å². The van der Waals surface area contributed by atoms with Crippen LogP contribution < -0.4 is 16.0 Å². The fourth-order valence-electron chi connectivity index (χ4n) is 2.53. The van der Waals surface area contributed by atoms with Crippen molar-refractivity contribution in [2.45, 2.75) is 24.8 Å². The van der Waals surface area contributed by atoms with Gasteiger partial charge in [-0.1, -0.05) is 12.1 Å². The predicted molar refractivity (Wildman–Crippen MR) is 121 cm³/mol. The number of benzene rings is 2. The van der Waals surface area contributed by atoms with E-state index >= 15 is 0 Å². The largest absolute Gasteiger partial charge is 0.336 e. The smallest absolute Gasteiger partial charge is 0.319 e. The van der Waals surface area contributed by atoms with Gasteiger partial charge in [-0.2, -0.15) is 0 Å². The van der Waals surface area contributed by atoms with Crippen molar-refractivity contribution in [2.75, 3.05) is 16.9 Å². The van der Waals surface area contributed by atoms with Crippen LogP contribution in [0.1, 0.15) is 24.2 Å². The van der Waals surface area contributed by atoms with E-state index < -0.39 is 0 Å². The van der Waals surface area contributed by atoms with Gasteiger partial charge >= 0.3 is 6.03 Å². The lowest BCUT2D eigenvalue weighted by molar-refractivity contribution is 0.102. The number of anilines is 2. The average Bonchev–Trinajstić information content (AvgIpc) is 3.16. The van der Waals surface area contributed by atoms with Gasteiger partial charge in [0.25, 0.3) is 5.91 Å². The number of rotatable bonds is 6. The molecule has 3 N–H and O–H groups in total. The topological polar surface area (TPSA) is 83.1 Å². The minimum Gasteiger partial charge on any atom is -0.336 e. The summed E-state index contributed by atoms with van der Waals surface area (Å²) in [6, 6.07) is 14.6. The number of nitrogens with one attached hydrogen (secondary N) is 3. The molecule has 0 radical (unpaired) electrons. The summed E-state index contributed by atoms with van der Waals surface area (Å²) in [6.45, 7) is 3.77. The van der Waals surface area contributed by atoms with E-state index in [9.17, 15) is 9.59 Å². The highest BCUT2D eigenvalue weighted by Crippen LogP contribution is 2.27. The highest BCUT2D eigenvalue weighted by Gasteiger charge is 2.11. The second-order valence-corrected chi connectivity index (χ2v) is 8.29. The molecule has 0 unspecified atom stereocenters. The summed E-state index contributed by atoms with van der Waals surface area (Å²) < 4.78 is 0. The Labute approximate surface area is 178 Å². The molecule has 1 heterocycles. The molecule has 2 aromatic carbocycles. The van der Waals surface area contributed by atoms with Crippen LogP contribution >= 0.6 is 23.1 Å². The van der Waals surface area contributed by atoms with Crippen LogP contribution in [0.5, 0.6) is 0 Å². The van der Waals surface area contributed by atoms with Gasteiger partial charge in [-0.15, -0.1) is 23.1 Å². The van der Waals surface area contributed by atoms with Crippen molar-refractivity contribution in [2.24, 2.45) is 0 Å². The third kappa shape index (κ3) is 5.82. The summed E-state index contributed by atoms with van der Waals surface area (Å²) in [5.74, 6) is -0.248. The number of amides is 3. The van der Waals surface area contributed by atoms with Crippen molar-refractivity contribution in [1.29, 1.82) is 0 Å². The molecule has 3 amide bonds. The Hall–Kier alpha value is -2.84. The first-order valence-corrected chi connectivity index (χ1v) is 11.1. The molecule has 0 aliphatic heterocycles. The summed E-state index contributed by atoms with van der Waals surface area (Å²) in [5.41, 5.74) is 2.94. The lowest BCUT2D eigenvalue weighted by atomic mass is 10.2. The Kier molecular flexibility index (Phi) is 6.90. The molecule has 3 rings (SSSR count). The molecule has 0 spiro atoms. The summed E-state index contributed by atoms with van der Waals surface area (Å²) in [6.07, 6.45) is 2.04. The molecule has 1 aromatic heterocycles. The number of nitrogens with zero attached hydrogens (tertiary/aromatic N) is 1. The second-order valence-electron chi connectivity index (χ2n) is 6.55. The monoisotopic (exact) mass is 426 g/mol. The maximum absolute atomic E-state index is 12.5. The van der Waals surface area contributed by atoms with Crippen molar-refractivity contribution >= 4 is 45.9 Å². The normalized spacial score (nSPS) is 10.6. The molecule has 0 atom stereocenters. The van der Waals surface area contributed by atoms with Crippen LogP contribution in [0, 0.1) is 0 Å². The number of urea groups is 1. The first-order chi connectivity index (χ1) is 13.9. The van der Waals surface area contributed by atoms with Gasteiger partial charge in [-0.25, -0.2) is 9.78 Å². The van der Waals surface area contributed by atoms with Crippen LogP contribution in [0.15, 0.2) is 58.8 Å². The van der Waals surface area contributed by atoms with Gasteiger partial charge in [0.1, 0.15) is 0 Å². The molecule has 8 heteroatoms. The third-order valence-electron chi connectivity index (χ3n) is 3.94. The van der Waals surface area contributed by atoms with Crippen molar-refractivity contribution < 1.29 is 9.59 Å². The molecule has 29 heavy (non-hydrogen) atoms. The maximum Gasteiger partial charge on any atom is 0.319 e. The lowest BCUT2D eigenvalue weighted by Gasteiger charge is -2.10.